The Labute approximate surface area is 160 Å². The molecule has 0 fully saturated rings. The molecule has 2 rings (SSSR count). The van der Waals surface area contributed by atoms with Crippen LogP contribution < -0.4 is 10.6 Å². The zero-order valence-electron chi connectivity index (χ0n) is 14.3. The molecule has 0 aromatic heterocycles. The maximum atomic E-state index is 13.1. The predicted molar refractivity (Wildman–Crippen MR) is 99.2 cm³/mol. The summed E-state index contributed by atoms with van der Waals surface area (Å²) in [5.74, 6) is -2.60. The molecular formula is C19H16ClFN2O4. The molecule has 0 unspecified atom stereocenters. The van der Waals surface area contributed by atoms with Gasteiger partial charge >= 0.3 is 5.97 Å². The summed E-state index contributed by atoms with van der Waals surface area (Å²) in [6, 6.07) is 12.5. The summed E-state index contributed by atoms with van der Waals surface area (Å²) >= 11 is 5.63. The second kappa shape index (κ2) is 9.49. The maximum Gasteiger partial charge on any atom is 0.355 e. The van der Waals surface area contributed by atoms with Gasteiger partial charge in [0.15, 0.2) is 6.61 Å². The van der Waals surface area contributed by atoms with E-state index in [1.165, 1.54) is 25.1 Å². The van der Waals surface area contributed by atoms with Crippen molar-refractivity contribution in [3.63, 3.8) is 0 Å². The molecule has 6 nitrogen and oxygen atoms in total. The summed E-state index contributed by atoms with van der Waals surface area (Å²) in [6.07, 6.45) is 1.43. The van der Waals surface area contributed by atoms with E-state index < -0.39 is 30.2 Å². The first kappa shape index (κ1) is 20.1. The highest BCUT2D eigenvalue weighted by Gasteiger charge is 2.15. The lowest BCUT2D eigenvalue weighted by molar-refractivity contribution is -0.144. The molecule has 0 aliphatic carbocycles. The van der Waals surface area contributed by atoms with E-state index in [4.69, 9.17) is 16.3 Å². The summed E-state index contributed by atoms with van der Waals surface area (Å²) in [5.41, 5.74) is 0.819. The molecule has 27 heavy (non-hydrogen) atoms. The lowest BCUT2D eigenvalue weighted by atomic mass is 10.2. The Balaban J connectivity index is 2.00. The largest absolute Gasteiger partial charge is 0.451 e. The number of amides is 2. The molecule has 0 atom stereocenters. The van der Waals surface area contributed by atoms with Gasteiger partial charge in [-0.2, -0.15) is 0 Å². The van der Waals surface area contributed by atoms with Gasteiger partial charge in [0, 0.05) is 12.6 Å². The summed E-state index contributed by atoms with van der Waals surface area (Å²) in [6.45, 7) is 0.649. The smallest absolute Gasteiger partial charge is 0.355 e. The SMILES string of the molecule is CC(=O)N/C(=C\c1ccccc1)C(=O)OCC(=O)Nc1ccc(F)c(Cl)c1. The number of nitrogens with one attached hydrogen (secondary N) is 2. The summed E-state index contributed by atoms with van der Waals surface area (Å²) in [4.78, 5) is 35.4. The van der Waals surface area contributed by atoms with Crippen molar-refractivity contribution >= 4 is 41.1 Å². The molecule has 0 radical (unpaired) electrons. The molecule has 0 bridgehead atoms. The highest BCUT2D eigenvalue weighted by atomic mass is 35.5. The Morgan fingerprint density at radius 2 is 1.85 bits per heavy atom. The van der Waals surface area contributed by atoms with Gasteiger partial charge in [-0.15, -0.1) is 0 Å². The van der Waals surface area contributed by atoms with Crippen molar-refractivity contribution in [1.29, 1.82) is 0 Å². The van der Waals surface area contributed by atoms with Gasteiger partial charge in [-0.05, 0) is 29.8 Å². The minimum atomic E-state index is -0.874. The summed E-state index contributed by atoms with van der Waals surface area (Å²) in [5, 5.41) is 4.64. The van der Waals surface area contributed by atoms with Gasteiger partial charge in [0.1, 0.15) is 11.5 Å². The fraction of sp³-hybridized carbons (Fsp3) is 0.105. The standard InChI is InChI=1S/C19H16ClFN2O4/c1-12(24)22-17(9-13-5-3-2-4-6-13)19(26)27-11-18(25)23-14-7-8-16(21)15(20)10-14/h2-10H,11H2,1H3,(H,22,24)(H,23,25)/b17-9-. The van der Waals surface area contributed by atoms with E-state index in [-0.39, 0.29) is 16.4 Å². The molecule has 2 aromatic carbocycles. The normalized spacial score (nSPS) is 10.9. The van der Waals surface area contributed by atoms with Crippen molar-refractivity contribution in [2.75, 3.05) is 11.9 Å². The molecule has 0 aliphatic rings. The van der Waals surface area contributed by atoms with E-state index in [1.807, 2.05) is 0 Å². The average molecular weight is 391 g/mol. The van der Waals surface area contributed by atoms with Crippen LogP contribution in [0.2, 0.25) is 5.02 Å². The van der Waals surface area contributed by atoms with E-state index in [1.54, 1.807) is 30.3 Å². The molecule has 0 heterocycles. The Morgan fingerprint density at radius 1 is 1.15 bits per heavy atom. The number of carbonyl (C=O) groups is 3. The molecule has 0 saturated heterocycles. The minimum Gasteiger partial charge on any atom is -0.451 e. The maximum absolute atomic E-state index is 13.1. The lowest BCUT2D eigenvalue weighted by Crippen LogP contribution is -2.28. The van der Waals surface area contributed by atoms with Crippen molar-refractivity contribution < 1.29 is 23.5 Å². The number of benzene rings is 2. The molecule has 140 valence electrons. The number of esters is 1. The number of halogens is 2. The van der Waals surface area contributed by atoms with Crippen molar-refractivity contribution in [3.05, 3.63) is 70.6 Å². The zero-order valence-corrected chi connectivity index (χ0v) is 15.0. The topological polar surface area (TPSA) is 84.5 Å². The Kier molecular flexibility index (Phi) is 7.08. The highest BCUT2D eigenvalue weighted by molar-refractivity contribution is 6.31. The number of carbonyl (C=O) groups excluding carboxylic acids is 3. The fourth-order valence-corrected chi connectivity index (χ4v) is 2.21. The van der Waals surface area contributed by atoms with E-state index in [9.17, 15) is 18.8 Å². The van der Waals surface area contributed by atoms with E-state index >= 15 is 0 Å². The van der Waals surface area contributed by atoms with E-state index in [0.717, 1.165) is 6.07 Å². The van der Waals surface area contributed by atoms with Crippen molar-refractivity contribution in [3.8, 4) is 0 Å². The lowest BCUT2D eigenvalue weighted by Gasteiger charge is -2.10. The van der Waals surface area contributed by atoms with Gasteiger partial charge in [-0.1, -0.05) is 41.9 Å². The van der Waals surface area contributed by atoms with Gasteiger partial charge in [-0.3, -0.25) is 9.59 Å². The molecule has 0 aliphatic heterocycles. The second-order valence-electron chi connectivity index (χ2n) is 5.40. The van der Waals surface area contributed by atoms with Crippen LogP contribution in [-0.4, -0.2) is 24.4 Å². The molecule has 2 amide bonds. The Morgan fingerprint density at radius 3 is 2.48 bits per heavy atom. The zero-order chi connectivity index (χ0) is 19.8. The summed E-state index contributed by atoms with van der Waals surface area (Å²) < 4.78 is 18.0. The first-order valence-corrected chi connectivity index (χ1v) is 8.19. The molecule has 0 saturated carbocycles. The monoisotopic (exact) mass is 390 g/mol. The van der Waals surface area contributed by atoms with Crippen LogP contribution in [0, 0.1) is 5.82 Å². The average Bonchev–Trinajstić information content (AvgIpc) is 2.63. The fourth-order valence-electron chi connectivity index (χ4n) is 2.03. The van der Waals surface area contributed by atoms with Gasteiger partial charge < -0.3 is 15.4 Å². The quantitative estimate of drug-likeness (QED) is 0.586. The van der Waals surface area contributed by atoms with Gasteiger partial charge in [-0.25, -0.2) is 9.18 Å². The van der Waals surface area contributed by atoms with Crippen LogP contribution in [0.15, 0.2) is 54.2 Å². The number of hydrogen-bond acceptors (Lipinski definition) is 4. The third-order valence-corrected chi connectivity index (χ3v) is 3.47. The summed E-state index contributed by atoms with van der Waals surface area (Å²) in [7, 11) is 0. The third kappa shape index (κ3) is 6.56. The first-order chi connectivity index (χ1) is 12.8. The number of ether oxygens (including phenoxy) is 1. The van der Waals surface area contributed by atoms with Crippen LogP contribution in [0.4, 0.5) is 10.1 Å². The Bertz CT molecular complexity index is 885. The molecule has 2 aromatic rings. The van der Waals surface area contributed by atoms with Gasteiger partial charge in [0.2, 0.25) is 5.91 Å². The van der Waals surface area contributed by atoms with Crippen LogP contribution in [0.25, 0.3) is 6.08 Å². The number of anilines is 1. The van der Waals surface area contributed by atoms with Crippen LogP contribution in [0.3, 0.4) is 0 Å². The van der Waals surface area contributed by atoms with Crippen molar-refractivity contribution in [2.45, 2.75) is 6.92 Å². The van der Waals surface area contributed by atoms with Crippen LogP contribution in [-0.2, 0) is 19.1 Å². The Hall–Kier alpha value is -3.19. The van der Waals surface area contributed by atoms with Crippen LogP contribution >= 0.6 is 11.6 Å². The van der Waals surface area contributed by atoms with E-state index in [2.05, 4.69) is 10.6 Å². The minimum absolute atomic E-state index is 0.105. The van der Waals surface area contributed by atoms with Crippen molar-refractivity contribution in [2.24, 2.45) is 0 Å². The van der Waals surface area contributed by atoms with Crippen LogP contribution in [0.5, 0.6) is 0 Å². The van der Waals surface area contributed by atoms with Crippen LogP contribution in [0.1, 0.15) is 12.5 Å². The number of hydrogen-bond donors (Lipinski definition) is 2. The van der Waals surface area contributed by atoms with Gasteiger partial charge in [0.25, 0.3) is 5.91 Å². The molecule has 2 N–H and O–H groups in total. The predicted octanol–water partition coefficient (Wildman–Crippen LogP) is 3.14. The first-order valence-electron chi connectivity index (χ1n) is 7.81. The molecule has 8 heteroatoms. The highest BCUT2D eigenvalue weighted by Crippen LogP contribution is 2.19. The third-order valence-electron chi connectivity index (χ3n) is 3.18. The molecule has 0 spiro atoms. The van der Waals surface area contributed by atoms with Gasteiger partial charge in [0.05, 0.1) is 5.02 Å². The molecular weight excluding hydrogens is 375 g/mol. The second-order valence-corrected chi connectivity index (χ2v) is 5.81. The van der Waals surface area contributed by atoms with E-state index in [0.29, 0.717) is 5.56 Å². The van der Waals surface area contributed by atoms with Crippen molar-refractivity contribution in [1.82, 2.24) is 5.32 Å². The number of rotatable bonds is 6.